The molecule has 0 saturated heterocycles. The van der Waals surface area contributed by atoms with E-state index in [9.17, 15) is 9.59 Å². The maximum atomic E-state index is 12.0. The number of amides is 1. The SMILES string of the molecule is CSc1ccc(/C=C/C(=O)OCC(=O)Nc2c(C)cc(C)cc2C)cc1. The van der Waals surface area contributed by atoms with Crippen molar-refractivity contribution in [3.05, 3.63) is 64.7 Å². The van der Waals surface area contributed by atoms with Gasteiger partial charge in [0.2, 0.25) is 0 Å². The summed E-state index contributed by atoms with van der Waals surface area (Å²) in [6.07, 6.45) is 5.00. The quantitative estimate of drug-likeness (QED) is 0.462. The van der Waals surface area contributed by atoms with Crippen LogP contribution in [-0.4, -0.2) is 24.7 Å². The second-order valence-electron chi connectivity index (χ2n) is 6.04. The van der Waals surface area contributed by atoms with Gasteiger partial charge in [0.15, 0.2) is 6.61 Å². The first-order chi connectivity index (χ1) is 12.4. The second-order valence-corrected chi connectivity index (χ2v) is 6.92. The monoisotopic (exact) mass is 369 g/mol. The lowest BCUT2D eigenvalue weighted by Gasteiger charge is -2.12. The number of carbonyl (C=O) groups is 2. The average Bonchev–Trinajstić information content (AvgIpc) is 2.61. The number of nitrogens with one attached hydrogen (secondary N) is 1. The average molecular weight is 369 g/mol. The van der Waals surface area contributed by atoms with Crippen LogP contribution in [0.15, 0.2) is 47.4 Å². The Morgan fingerprint density at radius 2 is 1.69 bits per heavy atom. The molecule has 0 aliphatic rings. The van der Waals surface area contributed by atoms with Crippen LogP contribution in [0.1, 0.15) is 22.3 Å². The van der Waals surface area contributed by atoms with E-state index in [1.54, 1.807) is 17.8 Å². The van der Waals surface area contributed by atoms with Crippen molar-refractivity contribution in [1.82, 2.24) is 0 Å². The molecule has 0 aliphatic carbocycles. The molecule has 0 aliphatic heterocycles. The summed E-state index contributed by atoms with van der Waals surface area (Å²) in [6, 6.07) is 11.8. The largest absolute Gasteiger partial charge is 0.452 e. The van der Waals surface area contributed by atoms with E-state index in [1.807, 2.05) is 63.4 Å². The van der Waals surface area contributed by atoms with Crippen molar-refractivity contribution in [3.8, 4) is 0 Å². The van der Waals surface area contributed by atoms with E-state index in [4.69, 9.17) is 4.74 Å². The Hall–Kier alpha value is -2.53. The number of esters is 1. The highest BCUT2D eigenvalue weighted by Gasteiger charge is 2.10. The summed E-state index contributed by atoms with van der Waals surface area (Å²) in [5.41, 5.74) is 4.77. The van der Waals surface area contributed by atoms with Gasteiger partial charge >= 0.3 is 5.97 Å². The molecule has 0 bridgehead atoms. The van der Waals surface area contributed by atoms with E-state index in [-0.39, 0.29) is 12.5 Å². The second kappa shape index (κ2) is 9.25. The van der Waals surface area contributed by atoms with E-state index in [0.717, 1.165) is 32.8 Å². The smallest absolute Gasteiger partial charge is 0.331 e. The molecule has 2 aromatic carbocycles. The zero-order chi connectivity index (χ0) is 19.1. The fourth-order valence-corrected chi connectivity index (χ4v) is 3.03. The first-order valence-electron chi connectivity index (χ1n) is 8.25. The Kier molecular flexibility index (Phi) is 7.04. The number of thioether (sulfide) groups is 1. The predicted octanol–water partition coefficient (Wildman–Crippen LogP) is 4.53. The van der Waals surface area contributed by atoms with Crippen molar-refractivity contribution in [2.75, 3.05) is 18.2 Å². The van der Waals surface area contributed by atoms with Gasteiger partial charge in [-0.05, 0) is 61.9 Å². The van der Waals surface area contributed by atoms with Gasteiger partial charge in [-0.1, -0.05) is 29.8 Å². The molecule has 0 aromatic heterocycles. The zero-order valence-corrected chi connectivity index (χ0v) is 16.3. The van der Waals surface area contributed by atoms with Crippen LogP contribution in [0.5, 0.6) is 0 Å². The Balaban J connectivity index is 1.86. The fourth-order valence-electron chi connectivity index (χ4n) is 2.62. The molecule has 0 spiro atoms. The van der Waals surface area contributed by atoms with E-state index in [1.165, 1.54) is 6.08 Å². The topological polar surface area (TPSA) is 55.4 Å². The molecular formula is C21H23NO3S. The van der Waals surface area contributed by atoms with Gasteiger partial charge in [-0.2, -0.15) is 0 Å². The molecule has 2 rings (SSSR count). The molecule has 0 unspecified atom stereocenters. The van der Waals surface area contributed by atoms with Gasteiger partial charge in [0.05, 0.1) is 0 Å². The van der Waals surface area contributed by atoms with Gasteiger partial charge in [0, 0.05) is 16.7 Å². The number of aryl methyl sites for hydroxylation is 3. The molecule has 2 aromatic rings. The summed E-state index contributed by atoms with van der Waals surface area (Å²) in [5, 5.41) is 2.80. The van der Waals surface area contributed by atoms with Gasteiger partial charge in [-0.25, -0.2) is 4.79 Å². The normalized spacial score (nSPS) is 10.8. The number of carbonyl (C=O) groups excluding carboxylic acids is 2. The highest BCUT2D eigenvalue weighted by molar-refractivity contribution is 7.98. The Morgan fingerprint density at radius 3 is 2.27 bits per heavy atom. The van der Waals surface area contributed by atoms with Gasteiger partial charge in [0.25, 0.3) is 5.91 Å². The van der Waals surface area contributed by atoms with Crippen molar-refractivity contribution in [1.29, 1.82) is 0 Å². The first-order valence-corrected chi connectivity index (χ1v) is 9.48. The summed E-state index contributed by atoms with van der Waals surface area (Å²) in [4.78, 5) is 25.0. The van der Waals surface area contributed by atoms with Gasteiger partial charge in [-0.3, -0.25) is 4.79 Å². The highest BCUT2D eigenvalue weighted by Crippen LogP contribution is 2.21. The fraction of sp³-hybridized carbons (Fsp3) is 0.238. The lowest BCUT2D eigenvalue weighted by molar-refractivity contribution is -0.142. The van der Waals surface area contributed by atoms with E-state index in [0.29, 0.717) is 0 Å². The molecule has 1 N–H and O–H groups in total. The number of anilines is 1. The maximum Gasteiger partial charge on any atom is 0.331 e. The van der Waals surface area contributed by atoms with Crippen LogP contribution >= 0.6 is 11.8 Å². The summed E-state index contributed by atoms with van der Waals surface area (Å²) in [7, 11) is 0. The third kappa shape index (κ3) is 5.77. The Morgan fingerprint density at radius 1 is 1.08 bits per heavy atom. The minimum Gasteiger partial charge on any atom is -0.452 e. The van der Waals surface area contributed by atoms with Crippen LogP contribution in [0, 0.1) is 20.8 Å². The lowest BCUT2D eigenvalue weighted by Crippen LogP contribution is -2.21. The van der Waals surface area contributed by atoms with E-state index < -0.39 is 5.97 Å². The van der Waals surface area contributed by atoms with Crippen molar-refractivity contribution in [3.63, 3.8) is 0 Å². The zero-order valence-electron chi connectivity index (χ0n) is 15.5. The van der Waals surface area contributed by atoms with Crippen molar-refractivity contribution in [2.24, 2.45) is 0 Å². The van der Waals surface area contributed by atoms with Crippen LogP contribution < -0.4 is 5.32 Å². The molecular weight excluding hydrogens is 346 g/mol. The third-order valence-corrected chi connectivity index (χ3v) is 4.56. The van der Waals surface area contributed by atoms with E-state index in [2.05, 4.69) is 5.32 Å². The molecule has 0 fully saturated rings. The Labute approximate surface area is 158 Å². The maximum absolute atomic E-state index is 12.0. The summed E-state index contributed by atoms with van der Waals surface area (Å²) < 4.78 is 5.00. The first kappa shape index (κ1) is 19.8. The number of rotatable bonds is 6. The predicted molar refractivity (Wildman–Crippen MR) is 107 cm³/mol. The molecule has 4 nitrogen and oxygen atoms in total. The molecule has 0 radical (unpaired) electrons. The number of hydrogen-bond donors (Lipinski definition) is 1. The number of benzene rings is 2. The highest BCUT2D eigenvalue weighted by atomic mass is 32.2. The van der Waals surface area contributed by atoms with Gasteiger partial charge in [-0.15, -0.1) is 11.8 Å². The van der Waals surface area contributed by atoms with Crippen molar-refractivity contribution >= 4 is 35.4 Å². The molecule has 136 valence electrons. The Bertz CT molecular complexity index is 803. The van der Waals surface area contributed by atoms with Crippen LogP contribution in [0.3, 0.4) is 0 Å². The molecule has 0 atom stereocenters. The number of hydrogen-bond acceptors (Lipinski definition) is 4. The summed E-state index contributed by atoms with van der Waals surface area (Å²) in [6.45, 7) is 5.56. The van der Waals surface area contributed by atoms with Crippen LogP contribution in [0.25, 0.3) is 6.08 Å². The molecule has 0 saturated carbocycles. The molecule has 26 heavy (non-hydrogen) atoms. The van der Waals surface area contributed by atoms with Crippen LogP contribution in [0.4, 0.5) is 5.69 Å². The minimum absolute atomic E-state index is 0.318. The minimum atomic E-state index is -0.550. The van der Waals surface area contributed by atoms with Gasteiger partial charge < -0.3 is 10.1 Å². The standard InChI is InChI=1S/C21H23NO3S/c1-14-11-15(2)21(16(3)12-14)22-19(23)13-25-20(24)10-7-17-5-8-18(26-4)9-6-17/h5-12H,13H2,1-4H3,(H,22,23)/b10-7+. The summed E-state index contributed by atoms with van der Waals surface area (Å²) in [5.74, 6) is -0.905. The molecule has 5 heteroatoms. The van der Waals surface area contributed by atoms with E-state index >= 15 is 0 Å². The summed E-state index contributed by atoms with van der Waals surface area (Å²) >= 11 is 1.66. The third-order valence-electron chi connectivity index (χ3n) is 3.81. The van der Waals surface area contributed by atoms with Gasteiger partial charge in [0.1, 0.15) is 0 Å². The lowest BCUT2D eigenvalue weighted by atomic mass is 10.1. The van der Waals surface area contributed by atoms with Crippen molar-refractivity contribution in [2.45, 2.75) is 25.7 Å². The van der Waals surface area contributed by atoms with Crippen LogP contribution in [0.2, 0.25) is 0 Å². The van der Waals surface area contributed by atoms with Crippen molar-refractivity contribution < 1.29 is 14.3 Å². The van der Waals surface area contributed by atoms with Crippen LogP contribution in [-0.2, 0) is 14.3 Å². The number of ether oxygens (including phenoxy) is 1. The molecule has 0 heterocycles. The molecule has 1 amide bonds.